The second-order valence-electron chi connectivity index (χ2n) is 4.81. The second kappa shape index (κ2) is 6.32. The molecule has 0 aromatic heterocycles. The quantitative estimate of drug-likeness (QED) is 0.786. The third-order valence-corrected chi connectivity index (χ3v) is 4.25. The van der Waals surface area contributed by atoms with E-state index in [1.54, 1.807) is 12.1 Å². The van der Waals surface area contributed by atoms with Crippen LogP contribution in [0, 0.1) is 11.7 Å². The lowest BCUT2D eigenvalue weighted by Crippen LogP contribution is -2.41. The van der Waals surface area contributed by atoms with Gasteiger partial charge < -0.3 is 4.90 Å². The van der Waals surface area contributed by atoms with Crippen LogP contribution in [0.1, 0.15) is 18.4 Å². The highest BCUT2D eigenvalue weighted by atomic mass is 79.9. The van der Waals surface area contributed by atoms with Crippen LogP contribution in [0.3, 0.4) is 0 Å². The van der Waals surface area contributed by atoms with Crippen LogP contribution in [-0.4, -0.2) is 29.2 Å². The standard InChI is InChI=1S/C14H17BrFNO/c15-9-12-4-2-6-17(10-12)14(18)8-11-3-1-5-13(16)7-11/h1,3,5,7,12H,2,4,6,8-10H2. The Bertz CT molecular complexity index is 424. The van der Waals surface area contributed by atoms with E-state index in [4.69, 9.17) is 0 Å². The lowest BCUT2D eigenvalue weighted by Gasteiger charge is -2.32. The average molecular weight is 314 g/mol. The molecule has 0 N–H and O–H groups in total. The molecule has 1 amide bonds. The highest BCUT2D eigenvalue weighted by molar-refractivity contribution is 9.09. The Labute approximate surface area is 115 Å². The molecule has 18 heavy (non-hydrogen) atoms. The molecule has 2 nitrogen and oxygen atoms in total. The van der Waals surface area contributed by atoms with Crippen molar-refractivity contribution in [3.63, 3.8) is 0 Å². The van der Waals surface area contributed by atoms with Crippen LogP contribution in [0.5, 0.6) is 0 Å². The first kappa shape index (κ1) is 13.5. The van der Waals surface area contributed by atoms with Crippen LogP contribution in [-0.2, 0) is 11.2 Å². The molecule has 0 spiro atoms. The highest BCUT2D eigenvalue weighted by Crippen LogP contribution is 2.19. The van der Waals surface area contributed by atoms with Crippen molar-refractivity contribution in [3.05, 3.63) is 35.6 Å². The lowest BCUT2D eigenvalue weighted by atomic mass is 9.99. The number of amides is 1. The van der Waals surface area contributed by atoms with Crippen LogP contribution < -0.4 is 0 Å². The smallest absolute Gasteiger partial charge is 0.227 e. The van der Waals surface area contributed by atoms with E-state index in [2.05, 4.69) is 15.9 Å². The number of benzene rings is 1. The molecular formula is C14H17BrFNO. The van der Waals surface area contributed by atoms with E-state index in [1.807, 2.05) is 4.90 Å². The number of hydrogen-bond acceptors (Lipinski definition) is 1. The minimum absolute atomic E-state index is 0.103. The van der Waals surface area contributed by atoms with Crippen molar-refractivity contribution in [2.75, 3.05) is 18.4 Å². The molecule has 1 aromatic rings. The monoisotopic (exact) mass is 313 g/mol. The molecule has 0 saturated carbocycles. The number of hydrogen-bond donors (Lipinski definition) is 0. The summed E-state index contributed by atoms with van der Waals surface area (Å²) < 4.78 is 13.0. The average Bonchev–Trinajstić information content (AvgIpc) is 2.39. The van der Waals surface area contributed by atoms with Crippen LogP contribution >= 0.6 is 15.9 Å². The van der Waals surface area contributed by atoms with Gasteiger partial charge in [-0.3, -0.25) is 4.79 Å². The third kappa shape index (κ3) is 3.55. The van der Waals surface area contributed by atoms with E-state index < -0.39 is 0 Å². The van der Waals surface area contributed by atoms with Gasteiger partial charge in [-0.1, -0.05) is 28.1 Å². The van der Waals surface area contributed by atoms with E-state index in [0.717, 1.165) is 30.4 Å². The van der Waals surface area contributed by atoms with E-state index >= 15 is 0 Å². The number of nitrogens with zero attached hydrogens (tertiary/aromatic N) is 1. The number of alkyl halides is 1. The second-order valence-corrected chi connectivity index (χ2v) is 5.46. The molecule has 1 fully saturated rings. The summed E-state index contributed by atoms with van der Waals surface area (Å²) in [6.07, 6.45) is 2.53. The van der Waals surface area contributed by atoms with Gasteiger partial charge in [-0.25, -0.2) is 4.39 Å². The summed E-state index contributed by atoms with van der Waals surface area (Å²) in [6.45, 7) is 1.65. The van der Waals surface area contributed by atoms with Crippen LogP contribution in [0.4, 0.5) is 4.39 Å². The zero-order chi connectivity index (χ0) is 13.0. The van der Waals surface area contributed by atoms with Crippen LogP contribution in [0.15, 0.2) is 24.3 Å². The summed E-state index contributed by atoms with van der Waals surface area (Å²) in [5.41, 5.74) is 0.751. The molecule has 1 atom stereocenters. The van der Waals surface area contributed by atoms with E-state index in [1.165, 1.54) is 18.6 Å². The van der Waals surface area contributed by atoms with E-state index in [-0.39, 0.29) is 11.7 Å². The lowest BCUT2D eigenvalue weighted by molar-refractivity contribution is -0.132. The van der Waals surface area contributed by atoms with Gasteiger partial charge in [-0.15, -0.1) is 0 Å². The van der Waals surface area contributed by atoms with Crippen LogP contribution in [0.2, 0.25) is 0 Å². The van der Waals surface area contributed by atoms with Crippen molar-refractivity contribution in [2.24, 2.45) is 5.92 Å². The zero-order valence-corrected chi connectivity index (χ0v) is 11.8. The van der Waals surface area contributed by atoms with Crippen molar-refractivity contribution in [2.45, 2.75) is 19.3 Å². The SMILES string of the molecule is O=C(Cc1cccc(F)c1)N1CCCC(CBr)C1. The largest absolute Gasteiger partial charge is 0.342 e. The number of halogens is 2. The Hall–Kier alpha value is -0.900. The summed E-state index contributed by atoms with van der Waals surface area (Å²) >= 11 is 3.48. The minimum Gasteiger partial charge on any atom is -0.342 e. The molecule has 1 heterocycles. The Morgan fingerprint density at radius 2 is 2.33 bits per heavy atom. The zero-order valence-electron chi connectivity index (χ0n) is 10.2. The maximum Gasteiger partial charge on any atom is 0.227 e. The van der Waals surface area contributed by atoms with Gasteiger partial charge in [0.05, 0.1) is 6.42 Å². The Kier molecular flexibility index (Phi) is 4.75. The molecule has 2 rings (SSSR count). The minimum atomic E-state index is -0.280. The number of rotatable bonds is 3. The van der Waals surface area contributed by atoms with E-state index in [9.17, 15) is 9.18 Å². The molecule has 1 aliphatic heterocycles. The first-order chi connectivity index (χ1) is 8.69. The molecule has 1 unspecified atom stereocenters. The third-order valence-electron chi connectivity index (χ3n) is 3.33. The molecule has 1 aliphatic rings. The Balaban J connectivity index is 1.95. The number of likely N-dealkylation sites (tertiary alicyclic amines) is 1. The summed E-state index contributed by atoms with van der Waals surface area (Å²) in [7, 11) is 0. The predicted octanol–water partition coefficient (Wildman–Crippen LogP) is 3.00. The van der Waals surface area contributed by atoms with Crippen molar-refractivity contribution in [1.29, 1.82) is 0 Å². The first-order valence-electron chi connectivity index (χ1n) is 6.27. The van der Waals surface area contributed by atoms with Gasteiger partial charge in [-0.2, -0.15) is 0 Å². The molecule has 1 aromatic carbocycles. The van der Waals surface area contributed by atoms with Gasteiger partial charge in [0.25, 0.3) is 0 Å². The topological polar surface area (TPSA) is 20.3 Å². The van der Waals surface area contributed by atoms with Crippen molar-refractivity contribution in [1.82, 2.24) is 4.90 Å². The molecule has 0 bridgehead atoms. The maximum absolute atomic E-state index is 13.0. The van der Waals surface area contributed by atoms with Gasteiger partial charge in [0.1, 0.15) is 5.82 Å². The fraction of sp³-hybridized carbons (Fsp3) is 0.500. The molecule has 98 valence electrons. The first-order valence-corrected chi connectivity index (χ1v) is 7.39. The number of carbonyl (C=O) groups is 1. The van der Waals surface area contributed by atoms with Crippen molar-refractivity contribution in [3.8, 4) is 0 Å². The molecule has 4 heteroatoms. The fourth-order valence-electron chi connectivity index (χ4n) is 2.35. The number of piperidine rings is 1. The molecular weight excluding hydrogens is 297 g/mol. The van der Waals surface area contributed by atoms with Crippen molar-refractivity contribution >= 4 is 21.8 Å². The summed E-state index contributed by atoms with van der Waals surface area (Å²) in [6, 6.07) is 6.28. The van der Waals surface area contributed by atoms with Gasteiger partial charge in [0, 0.05) is 18.4 Å². The van der Waals surface area contributed by atoms with Gasteiger partial charge in [-0.05, 0) is 36.5 Å². The fourth-order valence-corrected chi connectivity index (χ4v) is 2.88. The summed E-state index contributed by atoms with van der Waals surface area (Å²) in [4.78, 5) is 14.0. The van der Waals surface area contributed by atoms with Crippen molar-refractivity contribution < 1.29 is 9.18 Å². The molecule has 1 saturated heterocycles. The summed E-state index contributed by atoms with van der Waals surface area (Å²) in [5.74, 6) is 0.374. The molecule has 0 radical (unpaired) electrons. The Morgan fingerprint density at radius 3 is 3.06 bits per heavy atom. The highest BCUT2D eigenvalue weighted by Gasteiger charge is 2.22. The van der Waals surface area contributed by atoms with Gasteiger partial charge in [0.2, 0.25) is 5.91 Å². The summed E-state index contributed by atoms with van der Waals surface area (Å²) in [5, 5.41) is 0.941. The maximum atomic E-state index is 13.0. The van der Waals surface area contributed by atoms with Gasteiger partial charge in [0.15, 0.2) is 0 Å². The predicted molar refractivity (Wildman–Crippen MR) is 73.2 cm³/mol. The molecule has 0 aliphatic carbocycles. The van der Waals surface area contributed by atoms with E-state index in [0.29, 0.717) is 12.3 Å². The van der Waals surface area contributed by atoms with Gasteiger partial charge >= 0.3 is 0 Å². The normalized spacial score (nSPS) is 19.9. The van der Waals surface area contributed by atoms with Crippen LogP contribution in [0.25, 0.3) is 0 Å². The number of carbonyl (C=O) groups excluding carboxylic acids is 1. The Morgan fingerprint density at radius 1 is 1.50 bits per heavy atom.